The lowest BCUT2D eigenvalue weighted by atomic mass is 10.0. The zero-order valence-electron chi connectivity index (χ0n) is 12.4. The van der Waals surface area contributed by atoms with Crippen molar-refractivity contribution in [3.63, 3.8) is 0 Å². The van der Waals surface area contributed by atoms with Crippen LogP contribution in [0.3, 0.4) is 0 Å². The number of phosphoric acid groups is 1. The molecular formula is C13H28NO4P. The van der Waals surface area contributed by atoms with E-state index in [0.29, 0.717) is 13.2 Å². The van der Waals surface area contributed by atoms with Crippen LogP contribution in [-0.4, -0.2) is 31.9 Å². The minimum absolute atomic E-state index is 0.167. The largest absolute Gasteiger partial charge is 0.475 e. The van der Waals surface area contributed by atoms with Crippen molar-refractivity contribution in [3.8, 4) is 0 Å². The molecule has 1 rings (SSSR count). The Balaban J connectivity index is 2.51. The fourth-order valence-corrected chi connectivity index (χ4v) is 3.62. The van der Waals surface area contributed by atoms with Crippen molar-refractivity contribution in [2.24, 2.45) is 0 Å². The first-order chi connectivity index (χ1) is 9.11. The normalized spacial score (nSPS) is 22.4. The van der Waals surface area contributed by atoms with Crippen LogP contribution in [0.1, 0.15) is 52.9 Å². The molecule has 2 atom stereocenters. The van der Waals surface area contributed by atoms with Crippen molar-refractivity contribution >= 4 is 7.82 Å². The van der Waals surface area contributed by atoms with E-state index in [0.717, 1.165) is 25.8 Å². The van der Waals surface area contributed by atoms with Gasteiger partial charge in [-0.1, -0.05) is 20.3 Å². The molecule has 0 aromatic carbocycles. The van der Waals surface area contributed by atoms with Gasteiger partial charge in [-0.3, -0.25) is 13.6 Å². The van der Waals surface area contributed by atoms with Gasteiger partial charge >= 0.3 is 7.82 Å². The summed E-state index contributed by atoms with van der Waals surface area (Å²) in [5, 5.41) is 3.40. The van der Waals surface area contributed by atoms with Gasteiger partial charge in [0, 0.05) is 6.04 Å². The van der Waals surface area contributed by atoms with Crippen LogP contribution in [0.15, 0.2) is 0 Å². The van der Waals surface area contributed by atoms with Crippen molar-refractivity contribution in [3.05, 3.63) is 0 Å². The van der Waals surface area contributed by atoms with E-state index in [1.54, 1.807) is 0 Å². The molecule has 5 nitrogen and oxygen atoms in total. The van der Waals surface area contributed by atoms with Crippen LogP contribution in [0, 0.1) is 0 Å². The molecule has 1 N–H and O–H groups in total. The predicted octanol–water partition coefficient (Wildman–Crippen LogP) is 3.49. The van der Waals surface area contributed by atoms with E-state index in [1.807, 2.05) is 20.8 Å². The average molecular weight is 293 g/mol. The molecule has 0 aromatic rings. The second kappa shape index (κ2) is 9.09. The Kier molecular flexibility index (Phi) is 8.19. The molecule has 0 aliphatic carbocycles. The highest BCUT2D eigenvalue weighted by molar-refractivity contribution is 7.48. The molecule has 1 heterocycles. The van der Waals surface area contributed by atoms with Gasteiger partial charge < -0.3 is 5.32 Å². The molecule has 1 saturated heterocycles. The third kappa shape index (κ3) is 6.37. The number of nitrogens with one attached hydrogen (secondary N) is 1. The summed E-state index contributed by atoms with van der Waals surface area (Å²) in [5.41, 5.74) is 0. The molecule has 0 amide bonds. The second-order valence-corrected chi connectivity index (χ2v) is 6.60. The molecule has 0 bridgehead atoms. The number of hydrogen-bond donors (Lipinski definition) is 1. The molecule has 1 aliphatic heterocycles. The van der Waals surface area contributed by atoms with E-state index in [2.05, 4.69) is 5.32 Å². The van der Waals surface area contributed by atoms with E-state index in [1.165, 1.54) is 12.8 Å². The maximum atomic E-state index is 12.5. The van der Waals surface area contributed by atoms with Gasteiger partial charge in [0.15, 0.2) is 0 Å². The van der Waals surface area contributed by atoms with Crippen molar-refractivity contribution in [2.75, 3.05) is 19.8 Å². The minimum atomic E-state index is -3.42. The number of hydrogen-bond acceptors (Lipinski definition) is 5. The molecule has 6 heteroatoms. The second-order valence-electron chi connectivity index (χ2n) is 4.98. The quantitative estimate of drug-likeness (QED) is 0.659. The van der Waals surface area contributed by atoms with Crippen molar-refractivity contribution < 1.29 is 18.1 Å². The summed E-state index contributed by atoms with van der Waals surface area (Å²) in [7, 11) is -3.42. The van der Waals surface area contributed by atoms with Gasteiger partial charge in [-0.05, 0) is 39.2 Å². The lowest BCUT2D eigenvalue weighted by Crippen LogP contribution is -2.42. The zero-order valence-corrected chi connectivity index (χ0v) is 13.3. The zero-order chi connectivity index (χ0) is 14.1. The van der Waals surface area contributed by atoms with Crippen LogP contribution in [-0.2, 0) is 18.1 Å². The lowest BCUT2D eigenvalue weighted by molar-refractivity contribution is 0.0633. The molecule has 0 radical (unpaired) electrons. The fraction of sp³-hybridized carbons (Fsp3) is 1.00. The Labute approximate surface area is 117 Å². The smallest absolute Gasteiger partial charge is 0.311 e. The standard InChI is InChI=1S/C13H28NO4P/c1-4-10-16-19(15,17-11-5-2)18-12(3)13-8-6-7-9-14-13/h12-14H,4-11H2,1-3H3. The molecule has 1 aliphatic rings. The van der Waals surface area contributed by atoms with Gasteiger partial charge in [-0.15, -0.1) is 0 Å². The summed E-state index contributed by atoms with van der Waals surface area (Å²) in [6, 6.07) is 0.234. The minimum Gasteiger partial charge on any atom is -0.311 e. The third-order valence-electron chi connectivity index (χ3n) is 3.12. The van der Waals surface area contributed by atoms with Gasteiger partial charge in [-0.25, -0.2) is 4.57 Å². The summed E-state index contributed by atoms with van der Waals surface area (Å²) in [4.78, 5) is 0. The van der Waals surface area contributed by atoms with E-state index in [4.69, 9.17) is 13.6 Å². The van der Waals surface area contributed by atoms with Crippen molar-refractivity contribution in [1.82, 2.24) is 5.32 Å². The predicted molar refractivity (Wildman–Crippen MR) is 76.3 cm³/mol. The summed E-state index contributed by atoms with van der Waals surface area (Å²) in [6.07, 6.45) is 4.83. The highest BCUT2D eigenvalue weighted by atomic mass is 31.2. The van der Waals surface area contributed by atoms with Crippen LogP contribution in [0.25, 0.3) is 0 Å². The number of phosphoric ester groups is 1. The SMILES string of the molecule is CCCOP(=O)(OCCC)OC(C)C1CCCCN1. The average Bonchev–Trinajstić information content (AvgIpc) is 2.44. The summed E-state index contributed by atoms with van der Waals surface area (Å²) in [6.45, 7) is 7.65. The molecule has 0 saturated carbocycles. The number of rotatable bonds is 9. The van der Waals surface area contributed by atoms with Gasteiger partial charge in [0.05, 0.1) is 19.3 Å². The first-order valence-corrected chi connectivity index (χ1v) is 8.88. The van der Waals surface area contributed by atoms with Crippen LogP contribution in [0.2, 0.25) is 0 Å². The molecule has 1 fully saturated rings. The van der Waals surface area contributed by atoms with Gasteiger partial charge in [0.25, 0.3) is 0 Å². The van der Waals surface area contributed by atoms with Crippen LogP contribution in [0.4, 0.5) is 0 Å². The highest BCUT2D eigenvalue weighted by Crippen LogP contribution is 2.51. The van der Waals surface area contributed by atoms with Gasteiger partial charge in [0.1, 0.15) is 0 Å². The molecule has 19 heavy (non-hydrogen) atoms. The first-order valence-electron chi connectivity index (χ1n) is 7.42. The van der Waals surface area contributed by atoms with Crippen LogP contribution in [0.5, 0.6) is 0 Å². The number of piperidine rings is 1. The van der Waals surface area contributed by atoms with E-state index in [-0.39, 0.29) is 12.1 Å². The highest BCUT2D eigenvalue weighted by Gasteiger charge is 2.32. The lowest BCUT2D eigenvalue weighted by Gasteiger charge is -2.30. The van der Waals surface area contributed by atoms with Gasteiger partial charge in [-0.2, -0.15) is 0 Å². The summed E-state index contributed by atoms with van der Waals surface area (Å²) in [5.74, 6) is 0. The molecule has 0 spiro atoms. The van der Waals surface area contributed by atoms with Crippen molar-refractivity contribution in [2.45, 2.75) is 65.0 Å². The summed E-state index contributed by atoms with van der Waals surface area (Å²) >= 11 is 0. The fourth-order valence-electron chi connectivity index (χ4n) is 2.06. The molecular weight excluding hydrogens is 265 g/mol. The molecule has 0 aromatic heterocycles. The summed E-state index contributed by atoms with van der Waals surface area (Å²) < 4.78 is 28.8. The van der Waals surface area contributed by atoms with Crippen molar-refractivity contribution in [1.29, 1.82) is 0 Å². The van der Waals surface area contributed by atoms with E-state index in [9.17, 15) is 4.57 Å². The topological polar surface area (TPSA) is 56.8 Å². The Morgan fingerprint density at radius 1 is 1.21 bits per heavy atom. The van der Waals surface area contributed by atoms with E-state index >= 15 is 0 Å². The maximum Gasteiger partial charge on any atom is 0.475 e. The first kappa shape index (κ1) is 17.1. The van der Waals surface area contributed by atoms with Crippen LogP contribution < -0.4 is 5.32 Å². The Morgan fingerprint density at radius 2 is 1.84 bits per heavy atom. The van der Waals surface area contributed by atoms with Crippen LogP contribution >= 0.6 is 7.82 Å². The monoisotopic (exact) mass is 293 g/mol. The maximum absolute atomic E-state index is 12.5. The Morgan fingerprint density at radius 3 is 2.32 bits per heavy atom. The Bertz CT molecular complexity index is 270. The molecule has 114 valence electrons. The third-order valence-corrected chi connectivity index (χ3v) is 4.71. The Hall–Kier alpha value is 0.0700. The van der Waals surface area contributed by atoms with E-state index < -0.39 is 7.82 Å². The van der Waals surface area contributed by atoms with Gasteiger partial charge in [0.2, 0.25) is 0 Å². The molecule has 2 unspecified atom stereocenters.